The molecular weight excluding hydrogens is 389 g/mol. The van der Waals surface area contributed by atoms with Gasteiger partial charge in [-0.15, -0.1) is 0 Å². The molecule has 4 heteroatoms. The van der Waals surface area contributed by atoms with E-state index in [4.69, 9.17) is 9.47 Å². The average Bonchev–Trinajstić information content (AvgIpc) is 2.59. The zero-order valence-electron chi connectivity index (χ0n) is 21.0. The Hall–Kier alpha value is -1.57. The predicted octanol–water partition coefficient (Wildman–Crippen LogP) is 5.82. The summed E-state index contributed by atoms with van der Waals surface area (Å²) in [6, 6.07) is 9.11. The van der Waals surface area contributed by atoms with Crippen LogP contribution in [0.5, 0.6) is 11.5 Å². The lowest BCUT2D eigenvalue weighted by molar-refractivity contribution is 0.399. The second kappa shape index (κ2) is 8.89. The smallest absolute Gasteiger partial charge is 0.131 e. The number of nitrogens with zero attached hydrogens (tertiary/aromatic N) is 1. The largest absolute Gasteiger partial charge is 0.496 e. The quantitative estimate of drug-likeness (QED) is 0.559. The van der Waals surface area contributed by atoms with Crippen molar-refractivity contribution >= 4 is 18.7 Å². The van der Waals surface area contributed by atoms with Gasteiger partial charge in [0.1, 0.15) is 11.5 Å². The van der Waals surface area contributed by atoms with E-state index < -0.39 is 8.07 Å². The van der Waals surface area contributed by atoms with Crippen molar-refractivity contribution in [3.8, 4) is 11.5 Å². The zero-order valence-corrected chi connectivity index (χ0v) is 21.9. The van der Waals surface area contributed by atoms with Crippen molar-refractivity contribution in [3.63, 3.8) is 0 Å². The Morgan fingerprint density at radius 3 is 1.23 bits per heavy atom. The minimum atomic E-state index is -0.839. The van der Waals surface area contributed by atoms with Crippen LogP contribution in [0.4, 0.5) is 0 Å². The molecule has 166 valence electrons. The topological polar surface area (TPSA) is 21.7 Å². The van der Waals surface area contributed by atoms with Gasteiger partial charge >= 0.3 is 0 Å². The van der Waals surface area contributed by atoms with Crippen LogP contribution in [0.3, 0.4) is 0 Å². The van der Waals surface area contributed by atoms with Crippen LogP contribution in [-0.2, 0) is 10.8 Å². The van der Waals surface area contributed by atoms with Crippen LogP contribution < -0.4 is 20.1 Å². The van der Waals surface area contributed by atoms with Crippen molar-refractivity contribution in [2.45, 2.75) is 66.2 Å². The van der Waals surface area contributed by atoms with Crippen LogP contribution in [0.25, 0.3) is 0 Å². The van der Waals surface area contributed by atoms with Crippen LogP contribution in [0.2, 0.25) is 0 Å². The molecule has 0 amide bonds. The Labute approximate surface area is 185 Å². The third-order valence-corrected chi connectivity index (χ3v) is 7.69. The normalized spacial score (nSPS) is 12.6. The van der Waals surface area contributed by atoms with Crippen LogP contribution in [0.1, 0.15) is 63.8 Å². The van der Waals surface area contributed by atoms with E-state index in [1.165, 1.54) is 32.9 Å². The predicted molar refractivity (Wildman–Crippen MR) is 133 cm³/mol. The van der Waals surface area contributed by atoms with E-state index in [0.29, 0.717) is 0 Å². The molecule has 0 bridgehead atoms. The lowest BCUT2D eigenvalue weighted by atomic mass is 9.85. The van der Waals surface area contributed by atoms with Gasteiger partial charge in [-0.05, 0) is 62.0 Å². The fraction of sp³-hybridized carbons (Fsp3) is 0.538. The molecule has 0 aliphatic rings. The maximum absolute atomic E-state index is 6.06. The number of hydrogen-bond donors (Lipinski definition) is 0. The number of rotatable bonds is 5. The van der Waals surface area contributed by atoms with Crippen LogP contribution in [0, 0.1) is 13.8 Å². The maximum atomic E-state index is 6.06. The zero-order chi connectivity index (χ0) is 23.0. The van der Waals surface area contributed by atoms with Gasteiger partial charge in [-0.1, -0.05) is 53.7 Å². The molecule has 0 N–H and O–H groups in total. The Bertz CT molecular complexity index is 833. The summed E-state index contributed by atoms with van der Waals surface area (Å²) in [6.07, 6.45) is 0. The van der Waals surface area contributed by atoms with Gasteiger partial charge in [0.05, 0.1) is 14.2 Å². The summed E-state index contributed by atoms with van der Waals surface area (Å²) in [5.41, 5.74) is 4.99. The van der Waals surface area contributed by atoms with Crippen molar-refractivity contribution in [2.75, 3.05) is 28.3 Å². The van der Waals surface area contributed by atoms with Crippen LogP contribution in [0.15, 0.2) is 24.3 Å². The maximum Gasteiger partial charge on any atom is 0.131 e. The summed E-state index contributed by atoms with van der Waals surface area (Å²) in [7, 11) is 7.06. The first-order chi connectivity index (χ1) is 13.7. The summed E-state index contributed by atoms with van der Waals surface area (Å²) in [6.45, 7) is 17.8. The number of benzene rings is 2. The van der Waals surface area contributed by atoms with E-state index in [1.54, 1.807) is 14.2 Å². The van der Waals surface area contributed by atoms with Crippen molar-refractivity contribution < 1.29 is 9.47 Å². The molecule has 2 aromatic carbocycles. The molecule has 0 spiro atoms. The van der Waals surface area contributed by atoms with E-state index in [2.05, 4.69) is 98.4 Å². The van der Waals surface area contributed by atoms with Gasteiger partial charge in [0.2, 0.25) is 0 Å². The first-order valence-electron chi connectivity index (χ1n) is 10.6. The molecule has 0 unspecified atom stereocenters. The molecule has 3 nitrogen and oxygen atoms in total. The Morgan fingerprint density at radius 2 is 1.00 bits per heavy atom. The van der Waals surface area contributed by atoms with Crippen LogP contribution in [-0.4, -0.2) is 33.0 Å². The van der Waals surface area contributed by atoms with E-state index in [0.717, 1.165) is 11.5 Å². The molecule has 0 saturated heterocycles. The first kappa shape index (κ1) is 24.7. The van der Waals surface area contributed by atoms with Gasteiger partial charge in [0.25, 0.3) is 0 Å². The van der Waals surface area contributed by atoms with Crippen molar-refractivity contribution in [3.05, 3.63) is 46.5 Å². The summed E-state index contributed by atoms with van der Waals surface area (Å²) in [5, 5.41) is 2.48. The van der Waals surface area contributed by atoms with E-state index >= 15 is 0 Å². The fourth-order valence-electron chi connectivity index (χ4n) is 3.93. The highest BCUT2D eigenvalue weighted by atomic mass is 31.1. The second-order valence-corrected chi connectivity index (χ2v) is 12.8. The van der Waals surface area contributed by atoms with E-state index in [-0.39, 0.29) is 10.8 Å². The van der Waals surface area contributed by atoms with Gasteiger partial charge in [-0.2, -0.15) is 0 Å². The Balaban J connectivity index is 2.93. The molecular formula is C26H40NO2P. The molecule has 0 atom stereocenters. The summed E-state index contributed by atoms with van der Waals surface area (Å²) >= 11 is 0. The molecule has 0 fully saturated rings. The molecule has 30 heavy (non-hydrogen) atoms. The minimum Gasteiger partial charge on any atom is -0.496 e. The molecule has 0 aliphatic carbocycles. The Morgan fingerprint density at radius 1 is 0.667 bits per heavy atom. The first-order valence-corrected chi connectivity index (χ1v) is 11.9. The lowest BCUT2D eigenvalue weighted by Crippen LogP contribution is -2.29. The fourth-order valence-corrected chi connectivity index (χ4v) is 6.51. The second-order valence-electron chi connectivity index (χ2n) is 10.4. The molecule has 2 aromatic rings. The highest BCUT2D eigenvalue weighted by Gasteiger charge is 2.31. The van der Waals surface area contributed by atoms with Crippen molar-refractivity contribution in [1.29, 1.82) is 0 Å². The van der Waals surface area contributed by atoms with Gasteiger partial charge in [-0.3, -0.25) is 4.67 Å². The number of methoxy groups -OCH3 is 2. The third kappa shape index (κ3) is 5.01. The van der Waals surface area contributed by atoms with Gasteiger partial charge in [0.15, 0.2) is 0 Å². The third-order valence-electron chi connectivity index (χ3n) is 5.31. The summed E-state index contributed by atoms with van der Waals surface area (Å²) in [5.74, 6) is 1.99. The van der Waals surface area contributed by atoms with Crippen molar-refractivity contribution in [2.24, 2.45) is 0 Å². The van der Waals surface area contributed by atoms with E-state index in [1.807, 2.05) is 0 Å². The molecule has 0 saturated carbocycles. The van der Waals surface area contributed by atoms with Gasteiger partial charge in [-0.25, -0.2) is 0 Å². The molecule has 0 radical (unpaired) electrons. The molecule has 0 aliphatic heterocycles. The van der Waals surface area contributed by atoms with Gasteiger partial charge < -0.3 is 9.47 Å². The highest BCUT2D eigenvalue weighted by Crippen LogP contribution is 2.47. The molecule has 0 heterocycles. The Kier molecular flexibility index (Phi) is 7.32. The molecule has 0 aromatic heterocycles. The minimum absolute atomic E-state index is 0.00725. The van der Waals surface area contributed by atoms with Crippen LogP contribution >= 0.6 is 8.07 Å². The lowest BCUT2D eigenvalue weighted by Gasteiger charge is -2.33. The average molecular weight is 430 g/mol. The number of aryl methyl sites for hydroxylation is 2. The summed E-state index contributed by atoms with van der Waals surface area (Å²) in [4.78, 5) is 0. The monoisotopic (exact) mass is 429 g/mol. The summed E-state index contributed by atoms with van der Waals surface area (Å²) < 4.78 is 14.4. The van der Waals surface area contributed by atoms with E-state index in [9.17, 15) is 0 Å². The SMILES string of the molecule is COc1c(P(c2cc(C)cc(C(C)(C)C)c2OC)N(C)C)cc(C)cc1C(C)(C)C. The molecule has 2 rings (SSSR count). The highest BCUT2D eigenvalue weighted by molar-refractivity contribution is 7.71. The van der Waals surface area contributed by atoms with Gasteiger partial charge in [0, 0.05) is 29.8 Å². The van der Waals surface area contributed by atoms with Crippen molar-refractivity contribution in [1.82, 2.24) is 4.67 Å². The number of ether oxygens (including phenoxy) is 2. The number of hydrogen-bond acceptors (Lipinski definition) is 3. The standard InChI is InChI=1S/C26H40NO2P/c1-17-13-19(25(3,4)5)23(28-11)21(15-17)30(27(9)10)22-16-18(2)14-20(24(22)29-12)26(6,7)8/h13-16H,1-12H3.